The molecule has 0 aliphatic carbocycles. The van der Waals surface area contributed by atoms with Crippen molar-refractivity contribution >= 4 is 24.9 Å². The first-order valence-electron chi connectivity index (χ1n) is 7.93. The lowest BCUT2D eigenvalue weighted by atomic mass is 9.88. The van der Waals surface area contributed by atoms with E-state index in [2.05, 4.69) is 5.32 Å². The highest BCUT2D eigenvalue weighted by Crippen LogP contribution is 2.14. The van der Waals surface area contributed by atoms with Crippen molar-refractivity contribution in [1.82, 2.24) is 9.13 Å². The number of amides is 1. The van der Waals surface area contributed by atoms with E-state index in [0.717, 1.165) is 14.7 Å². The summed E-state index contributed by atoms with van der Waals surface area (Å²) in [5, 5.41) is 12.2. The van der Waals surface area contributed by atoms with Crippen molar-refractivity contribution in [2.45, 2.75) is 32.9 Å². The third-order valence-corrected chi connectivity index (χ3v) is 3.87. The second-order valence-electron chi connectivity index (χ2n) is 5.87. The molecule has 2 aromatic rings. The number of nitrogens with zero attached hydrogens (tertiary/aromatic N) is 2. The van der Waals surface area contributed by atoms with Crippen molar-refractivity contribution in [1.29, 1.82) is 0 Å². The number of hydrogen-bond donors (Lipinski definition) is 2. The van der Waals surface area contributed by atoms with Crippen LogP contribution in [0.15, 0.2) is 34.0 Å². The maximum absolute atomic E-state index is 12.6. The van der Waals surface area contributed by atoms with Crippen LogP contribution in [0.3, 0.4) is 0 Å². The molecule has 1 aromatic carbocycles. The van der Waals surface area contributed by atoms with E-state index in [1.54, 1.807) is 18.2 Å². The number of benzene rings is 1. The van der Waals surface area contributed by atoms with Crippen LogP contribution in [0, 0.1) is 0 Å². The topological polar surface area (TPSA) is 93.3 Å². The number of carbonyl (C=O) groups excluding carboxylic acids is 1. The van der Waals surface area contributed by atoms with Gasteiger partial charge in [-0.2, -0.15) is 0 Å². The Morgan fingerprint density at radius 1 is 1.36 bits per heavy atom. The monoisotopic (exact) mass is 341 g/mol. The maximum atomic E-state index is 12.6. The highest BCUT2D eigenvalue weighted by Gasteiger charge is 2.17. The first kappa shape index (κ1) is 18.7. The molecular weight excluding hydrogens is 321 g/mol. The molecule has 25 heavy (non-hydrogen) atoms. The number of hydrogen-bond acceptors (Lipinski definition) is 4. The van der Waals surface area contributed by atoms with Gasteiger partial charge in [-0.1, -0.05) is 24.5 Å². The zero-order valence-electron chi connectivity index (χ0n) is 14.4. The Bertz CT molecular complexity index is 915. The van der Waals surface area contributed by atoms with Crippen LogP contribution < -0.4 is 22.0 Å². The number of nitrogens with one attached hydrogen (secondary N) is 1. The zero-order chi connectivity index (χ0) is 18.7. The van der Waals surface area contributed by atoms with Crippen LogP contribution >= 0.6 is 0 Å². The summed E-state index contributed by atoms with van der Waals surface area (Å²) in [7, 11) is 7.20. The quantitative estimate of drug-likeness (QED) is 0.720. The predicted octanol–water partition coefficient (Wildman–Crippen LogP) is -0.464. The Morgan fingerprint density at radius 3 is 2.64 bits per heavy atom. The summed E-state index contributed by atoms with van der Waals surface area (Å²) >= 11 is 0. The van der Waals surface area contributed by atoms with Gasteiger partial charge in [0.15, 0.2) is 0 Å². The zero-order valence-corrected chi connectivity index (χ0v) is 14.4. The van der Waals surface area contributed by atoms with E-state index in [0.29, 0.717) is 17.6 Å². The molecule has 2 rings (SSSR count). The van der Waals surface area contributed by atoms with Gasteiger partial charge in [-0.25, -0.2) is 4.79 Å². The lowest BCUT2D eigenvalue weighted by Gasteiger charge is -2.14. The molecule has 1 amide bonds. The van der Waals surface area contributed by atoms with Gasteiger partial charge in [0, 0.05) is 18.9 Å². The minimum Gasteiger partial charge on any atom is -0.392 e. The first-order chi connectivity index (χ1) is 11.8. The van der Waals surface area contributed by atoms with E-state index in [4.69, 9.17) is 7.85 Å². The fraction of sp³-hybridized carbons (Fsp3) is 0.353. The van der Waals surface area contributed by atoms with Crippen molar-refractivity contribution in [2.24, 2.45) is 7.05 Å². The van der Waals surface area contributed by atoms with E-state index in [9.17, 15) is 19.5 Å². The van der Waals surface area contributed by atoms with Crippen molar-refractivity contribution in [3.63, 3.8) is 0 Å². The van der Waals surface area contributed by atoms with Gasteiger partial charge in [-0.3, -0.25) is 18.7 Å². The van der Waals surface area contributed by atoms with E-state index in [1.165, 1.54) is 20.2 Å². The third kappa shape index (κ3) is 3.91. The first-order valence-corrected chi connectivity index (χ1v) is 7.93. The van der Waals surface area contributed by atoms with E-state index in [-0.39, 0.29) is 12.1 Å². The number of aromatic nitrogens is 2. The minimum atomic E-state index is -0.799. The minimum absolute atomic E-state index is 0.0221. The largest absolute Gasteiger partial charge is 0.392 e. The van der Waals surface area contributed by atoms with Gasteiger partial charge >= 0.3 is 5.69 Å². The Morgan fingerprint density at radius 2 is 2.04 bits per heavy atom. The summed E-state index contributed by atoms with van der Waals surface area (Å²) in [6.45, 7) is 3.40. The molecular formula is C17H20BN3O4. The number of rotatable bonds is 5. The molecule has 0 aliphatic rings. The van der Waals surface area contributed by atoms with Crippen molar-refractivity contribution < 1.29 is 9.90 Å². The van der Waals surface area contributed by atoms with Crippen LogP contribution in [-0.4, -0.2) is 34.1 Å². The summed E-state index contributed by atoms with van der Waals surface area (Å²) in [6, 6.07) is 5.14. The van der Waals surface area contributed by atoms with Gasteiger partial charge in [0.2, 0.25) is 0 Å². The molecule has 0 saturated carbocycles. The Labute approximate surface area is 146 Å². The summed E-state index contributed by atoms with van der Waals surface area (Å²) in [5.74, 6) is -0.639. The van der Waals surface area contributed by atoms with Crippen LogP contribution in [0.5, 0.6) is 0 Å². The molecule has 0 aliphatic heterocycles. The molecule has 7 nitrogen and oxygen atoms in total. The maximum Gasteiger partial charge on any atom is 0.330 e. The molecule has 1 unspecified atom stereocenters. The average Bonchev–Trinajstić information content (AvgIpc) is 2.55. The molecule has 130 valence electrons. The fourth-order valence-corrected chi connectivity index (χ4v) is 2.60. The van der Waals surface area contributed by atoms with Crippen LogP contribution in [0.2, 0.25) is 0 Å². The van der Waals surface area contributed by atoms with E-state index in [1.807, 2.05) is 6.92 Å². The van der Waals surface area contributed by atoms with Crippen LogP contribution in [0.4, 0.5) is 5.69 Å². The van der Waals surface area contributed by atoms with E-state index >= 15 is 0 Å². The molecule has 0 spiro atoms. The molecule has 2 radical (unpaired) electrons. The SMILES string of the molecule is [B]c1cccc(NC(=O)c2cn(CC(C)O)c(=O)n(C)c2=O)c1CC. The molecule has 1 aromatic heterocycles. The normalized spacial score (nSPS) is 12.0. The van der Waals surface area contributed by atoms with Crippen molar-refractivity contribution in [3.05, 3.63) is 56.4 Å². The molecule has 1 heterocycles. The molecule has 0 saturated heterocycles. The number of anilines is 1. The standard InChI is InChI=1S/C17H20BN3O4/c1-4-11-13(18)6-5-7-14(11)19-15(23)12-9-21(8-10(2)22)17(25)20(3)16(12)24/h5-7,9-10,22H,4,8H2,1-3H3,(H,19,23). The summed E-state index contributed by atoms with van der Waals surface area (Å²) in [4.78, 5) is 36.9. The molecule has 0 bridgehead atoms. The molecule has 0 fully saturated rings. The highest BCUT2D eigenvalue weighted by molar-refractivity contribution is 6.34. The Kier molecular flexibility index (Phi) is 5.64. The van der Waals surface area contributed by atoms with Gasteiger partial charge < -0.3 is 10.4 Å². The number of aliphatic hydroxyl groups is 1. The van der Waals surface area contributed by atoms with E-state index < -0.39 is 23.3 Å². The molecule has 1 atom stereocenters. The van der Waals surface area contributed by atoms with Gasteiger partial charge in [0.1, 0.15) is 13.4 Å². The fourth-order valence-electron chi connectivity index (χ4n) is 2.60. The molecule has 2 N–H and O–H groups in total. The summed E-state index contributed by atoms with van der Waals surface area (Å²) in [6.07, 6.45) is 0.985. The number of aliphatic hydroxyl groups excluding tert-OH is 1. The second kappa shape index (κ2) is 7.52. The third-order valence-electron chi connectivity index (χ3n) is 3.87. The van der Waals surface area contributed by atoms with Gasteiger partial charge in [-0.15, -0.1) is 0 Å². The number of carbonyl (C=O) groups is 1. The summed E-state index contributed by atoms with van der Waals surface area (Å²) in [5.41, 5.74) is 0.347. The van der Waals surface area contributed by atoms with Crippen molar-refractivity contribution in [2.75, 3.05) is 5.32 Å². The van der Waals surface area contributed by atoms with Crippen LogP contribution in [0.25, 0.3) is 0 Å². The highest BCUT2D eigenvalue weighted by atomic mass is 16.3. The van der Waals surface area contributed by atoms with Crippen LogP contribution in [0.1, 0.15) is 29.8 Å². The summed E-state index contributed by atoms with van der Waals surface area (Å²) < 4.78 is 1.98. The van der Waals surface area contributed by atoms with Gasteiger partial charge in [0.05, 0.1) is 12.6 Å². The smallest absolute Gasteiger partial charge is 0.330 e. The van der Waals surface area contributed by atoms with Crippen LogP contribution in [-0.2, 0) is 20.0 Å². The Balaban J connectivity index is 2.47. The van der Waals surface area contributed by atoms with Gasteiger partial charge in [0.25, 0.3) is 11.5 Å². The Hall–Kier alpha value is -2.61. The van der Waals surface area contributed by atoms with Gasteiger partial charge in [-0.05, 0) is 25.0 Å². The molecule has 8 heteroatoms. The van der Waals surface area contributed by atoms with Crippen molar-refractivity contribution in [3.8, 4) is 0 Å². The lowest BCUT2D eigenvalue weighted by molar-refractivity contribution is 0.102. The predicted molar refractivity (Wildman–Crippen MR) is 96.8 cm³/mol. The second-order valence-corrected chi connectivity index (χ2v) is 5.87. The lowest BCUT2D eigenvalue weighted by Crippen LogP contribution is -2.42. The average molecular weight is 341 g/mol.